The summed E-state index contributed by atoms with van der Waals surface area (Å²) in [6, 6.07) is 10.1. The minimum absolute atomic E-state index is 0.0290. The number of anilines is 1. The van der Waals surface area contributed by atoms with Gasteiger partial charge >= 0.3 is 0 Å². The molecule has 0 radical (unpaired) electrons. The lowest BCUT2D eigenvalue weighted by Gasteiger charge is -2.27. The van der Waals surface area contributed by atoms with E-state index in [0.717, 1.165) is 30.2 Å². The predicted molar refractivity (Wildman–Crippen MR) is 108 cm³/mol. The summed E-state index contributed by atoms with van der Waals surface area (Å²) in [4.78, 5) is 16.0. The van der Waals surface area contributed by atoms with E-state index < -0.39 is 5.82 Å². The minimum atomic E-state index is -0.470. The van der Waals surface area contributed by atoms with Crippen LogP contribution in [0.5, 0.6) is 0 Å². The summed E-state index contributed by atoms with van der Waals surface area (Å²) in [6.07, 6.45) is 7.58. The Morgan fingerprint density at radius 3 is 3.00 bits per heavy atom. The van der Waals surface area contributed by atoms with Gasteiger partial charge < -0.3 is 10.3 Å². The van der Waals surface area contributed by atoms with Crippen LogP contribution in [0.25, 0.3) is 22.4 Å². The quantitative estimate of drug-likeness (QED) is 0.495. The fraction of sp³-hybridized carbons (Fsp3) is 0.190. The fourth-order valence-corrected chi connectivity index (χ4v) is 3.99. The van der Waals surface area contributed by atoms with Crippen molar-refractivity contribution in [1.29, 1.82) is 0 Å². The molecular weight excluding hydrogens is 377 g/mol. The number of aromatic nitrogens is 4. The average molecular weight is 394 g/mol. The number of nitrogens with zero attached hydrogens (tertiary/aromatic N) is 3. The lowest BCUT2D eigenvalue weighted by atomic mass is 9.88. The van der Waals surface area contributed by atoms with Gasteiger partial charge in [-0.15, -0.1) is 0 Å². The van der Waals surface area contributed by atoms with Crippen molar-refractivity contribution in [2.45, 2.75) is 25.3 Å². The van der Waals surface area contributed by atoms with Gasteiger partial charge in [0, 0.05) is 23.3 Å². The van der Waals surface area contributed by atoms with Crippen LogP contribution in [0.1, 0.15) is 30.0 Å². The monoisotopic (exact) mass is 393 g/mol. The SMILES string of the molecule is Fc1cnc(-c2c[nH]c3ncc(Cl)cc23)nc1NC1CCCc2ccccc21. The zero-order valence-corrected chi connectivity index (χ0v) is 15.7. The second kappa shape index (κ2) is 6.87. The number of pyridine rings is 1. The molecule has 1 aromatic carbocycles. The second-order valence-electron chi connectivity index (χ2n) is 6.93. The van der Waals surface area contributed by atoms with E-state index in [2.05, 4.69) is 37.4 Å². The molecule has 2 N–H and O–H groups in total. The van der Waals surface area contributed by atoms with Gasteiger partial charge in [0.15, 0.2) is 17.5 Å². The number of aryl methyl sites for hydroxylation is 1. The van der Waals surface area contributed by atoms with Crippen LogP contribution in [0.15, 0.2) is 48.9 Å². The maximum atomic E-state index is 14.5. The van der Waals surface area contributed by atoms with Crippen molar-refractivity contribution in [2.24, 2.45) is 0 Å². The topological polar surface area (TPSA) is 66.5 Å². The smallest absolute Gasteiger partial charge is 0.183 e. The van der Waals surface area contributed by atoms with Crippen molar-refractivity contribution in [3.8, 4) is 11.4 Å². The highest BCUT2D eigenvalue weighted by Gasteiger charge is 2.22. The lowest BCUT2D eigenvalue weighted by Crippen LogP contribution is -2.18. The van der Waals surface area contributed by atoms with Crippen LogP contribution >= 0.6 is 11.6 Å². The molecule has 4 aromatic rings. The number of hydrogen-bond acceptors (Lipinski definition) is 4. The number of H-pyrrole nitrogens is 1. The fourth-order valence-electron chi connectivity index (χ4n) is 3.83. The first-order valence-corrected chi connectivity index (χ1v) is 9.57. The standard InChI is InChI=1S/C21H17ClFN5/c22-13-8-15-16(10-25-19(15)24-9-13)20-26-11-17(23)21(28-20)27-18-7-3-5-12-4-1-2-6-14(12)18/h1-2,4,6,8-11,18H,3,5,7H2,(H,24,25)(H,26,27,28). The van der Waals surface area contributed by atoms with Gasteiger partial charge in [-0.2, -0.15) is 0 Å². The van der Waals surface area contributed by atoms with Gasteiger partial charge in [-0.25, -0.2) is 19.3 Å². The molecule has 0 fully saturated rings. The van der Waals surface area contributed by atoms with Crippen molar-refractivity contribution in [2.75, 3.05) is 5.32 Å². The Labute approximate surface area is 166 Å². The molecule has 0 bridgehead atoms. The Balaban J connectivity index is 1.53. The Morgan fingerprint density at radius 2 is 2.07 bits per heavy atom. The zero-order chi connectivity index (χ0) is 19.1. The van der Waals surface area contributed by atoms with Crippen molar-refractivity contribution < 1.29 is 4.39 Å². The van der Waals surface area contributed by atoms with Gasteiger partial charge in [0.2, 0.25) is 0 Å². The van der Waals surface area contributed by atoms with Gasteiger partial charge in [0.05, 0.1) is 17.3 Å². The van der Waals surface area contributed by atoms with E-state index >= 15 is 0 Å². The highest BCUT2D eigenvalue weighted by atomic mass is 35.5. The molecule has 3 aromatic heterocycles. The molecule has 1 unspecified atom stereocenters. The molecule has 0 spiro atoms. The summed E-state index contributed by atoms with van der Waals surface area (Å²) >= 11 is 6.08. The maximum absolute atomic E-state index is 14.5. The van der Waals surface area contributed by atoms with Gasteiger partial charge in [-0.3, -0.25) is 0 Å². The highest BCUT2D eigenvalue weighted by Crippen LogP contribution is 2.33. The first kappa shape index (κ1) is 17.1. The van der Waals surface area contributed by atoms with E-state index in [-0.39, 0.29) is 11.9 Å². The van der Waals surface area contributed by atoms with E-state index in [1.165, 1.54) is 17.3 Å². The summed E-state index contributed by atoms with van der Waals surface area (Å²) in [7, 11) is 0. The third-order valence-corrected chi connectivity index (χ3v) is 5.37. The maximum Gasteiger partial charge on any atom is 0.183 e. The van der Waals surface area contributed by atoms with Crippen molar-refractivity contribution in [3.63, 3.8) is 0 Å². The number of aromatic amines is 1. The summed E-state index contributed by atoms with van der Waals surface area (Å²) in [5.41, 5.74) is 3.93. The van der Waals surface area contributed by atoms with Gasteiger partial charge in [0.1, 0.15) is 5.65 Å². The van der Waals surface area contributed by atoms with Gasteiger partial charge in [-0.05, 0) is 36.5 Å². The van der Waals surface area contributed by atoms with Crippen LogP contribution in [0.4, 0.5) is 10.2 Å². The van der Waals surface area contributed by atoms with Crippen LogP contribution in [0, 0.1) is 5.82 Å². The van der Waals surface area contributed by atoms with E-state index in [1.807, 2.05) is 12.1 Å². The number of halogens is 2. The number of fused-ring (bicyclic) bond motifs is 2. The molecule has 3 heterocycles. The molecule has 0 saturated heterocycles. The first-order chi connectivity index (χ1) is 13.7. The Bertz CT molecular complexity index is 1170. The number of benzene rings is 1. The summed E-state index contributed by atoms with van der Waals surface area (Å²) in [6.45, 7) is 0. The van der Waals surface area contributed by atoms with Crippen molar-refractivity contribution in [1.82, 2.24) is 19.9 Å². The van der Waals surface area contributed by atoms with E-state index in [9.17, 15) is 4.39 Å². The summed E-state index contributed by atoms with van der Waals surface area (Å²) in [5, 5.41) is 4.61. The van der Waals surface area contributed by atoms with Crippen molar-refractivity contribution >= 4 is 28.5 Å². The summed E-state index contributed by atoms with van der Waals surface area (Å²) < 4.78 is 14.5. The molecule has 140 valence electrons. The van der Waals surface area contributed by atoms with Crippen LogP contribution in [-0.4, -0.2) is 19.9 Å². The van der Waals surface area contributed by atoms with Gasteiger partial charge in [0.25, 0.3) is 0 Å². The largest absolute Gasteiger partial charge is 0.361 e. The average Bonchev–Trinajstić information content (AvgIpc) is 3.13. The van der Waals surface area contributed by atoms with Crippen LogP contribution in [0.3, 0.4) is 0 Å². The van der Waals surface area contributed by atoms with Crippen molar-refractivity contribution in [3.05, 3.63) is 70.9 Å². The van der Waals surface area contributed by atoms with E-state index in [0.29, 0.717) is 16.5 Å². The minimum Gasteiger partial charge on any atom is -0.361 e. The second-order valence-corrected chi connectivity index (χ2v) is 7.37. The molecule has 28 heavy (non-hydrogen) atoms. The van der Waals surface area contributed by atoms with Crippen LogP contribution in [-0.2, 0) is 6.42 Å². The summed E-state index contributed by atoms with van der Waals surface area (Å²) in [5.74, 6) is 0.155. The molecule has 0 amide bonds. The lowest BCUT2D eigenvalue weighted by molar-refractivity contribution is 0.579. The molecule has 7 heteroatoms. The normalized spacial score (nSPS) is 16.1. The number of nitrogens with one attached hydrogen (secondary N) is 2. The Kier molecular flexibility index (Phi) is 4.20. The number of rotatable bonds is 3. The Hall–Kier alpha value is -2.99. The molecule has 1 atom stereocenters. The molecule has 1 aliphatic carbocycles. The molecule has 5 rings (SSSR count). The first-order valence-electron chi connectivity index (χ1n) is 9.19. The van der Waals surface area contributed by atoms with Crippen LogP contribution < -0.4 is 5.32 Å². The molecule has 0 saturated carbocycles. The van der Waals surface area contributed by atoms with E-state index in [1.54, 1.807) is 18.5 Å². The third kappa shape index (κ3) is 2.99. The van der Waals surface area contributed by atoms with Crippen LogP contribution in [0.2, 0.25) is 5.02 Å². The number of hydrogen-bond donors (Lipinski definition) is 2. The molecule has 1 aliphatic rings. The zero-order valence-electron chi connectivity index (χ0n) is 14.9. The molecular formula is C21H17ClFN5. The van der Waals surface area contributed by atoms with Gasteiger partial charge in [-0.1, -0.05) is 35.9 Å². The van der Waals surface area contributed by atoms with E-state index in [4.69, 9.17) is 11.6 Å². The molecule has 5 nitrogen and oxygen atoms in total. The third-order valence-electron chi connectivity index (χ3n) is 5.16. The predicted octanol–water partition coefficient (Wildman–Crippen LogP) is 5.30. The molecule has 0 aliphatic heterocycles. The highest BCUT2D eigenvalue weighted by molar-refractivity contribution is 6.31. The Morgan fingerprint density at radius 1 is 1.18 bits per heavy atom.